The van der Waals surface area contributed by atoms with Crippen LogP contribution in [0.3, 0.4) is 0 Å². The Morgan fingerprint density at radius 3 is 2.35 bits per heavy atom. The number of nitrogens with zero attached hydrogens (tertiary/aromatic N) is 2. The van der Waals surface area contributed by atoms with E-state index in [2.05, 4.69) is 15.6 Å². The molecule has 138 valence electrons. The molecule has 0 heterocycles. The van der Waals surface area contributed by atoms with Gasteiger partial charge in [-0.1, -0.05) is 41.9 Å². The van der Waals surface area contributed by atoms with Crippen molar-refractivity contribution in [1.29, 1.82) is 0 Å². The zero-order valence-electron chi connectivity index (χ0n) is 15.2. The molecule has 0 aliphatic rings. The molecule has 0 atom stereocenters. The Morgan fingerprint density at radius 2 is 1.69 bits per heavy atom. The molecular formula is C20H25ClN4O. The minimum atomic E-state index is -0.0464. The summed E-state index contributed by atoms with van der Waals surface area (Å²) in [5.74, 6) is 0.768. The molecule has 0 bridgehead atoms. The summed E-state index contributed by atoms with van der Waals surface area (Å²) in [6, 6.07) is 17.0. The monoisotopic (exact) mass is 372 g/mol. The predicted octanol–water partition coefficient (Wildman–Crippen LogP) is 3.17. The molecule has 0 saturated heterocycles. The Bertz CT molecular complexity index is 716. The largest absolute Gasteiger partial charge is 0.356 e. The van der Waals surface area contributed by atoms with Gasteiger partial charge in [0.1, 0.15) is 0 Å². The summed E-state index contributed by atoms with van der Waals surface area (Å²) >= 11 is 5.92. The number of carbonyl (C=O) groups is 1. The maximum absolute atomic E-state index is 12.0. The number of halogens is 1. The van der Waals surface area contributed by atoms with Gasteiger partial charge in [0.15, 0.2) is 5.96 Å². The third-order valence-corrected chi connectivity index (χ3v) is 4.12. The van der Waals surface area contributed by atoms with Crippen molar-refractivity contribution in [2.75, 3.05) is 27.2 Å². The average molecular weight is 373 g/mol. The first-order valence-corrected chi connectivity index (χ1v) is 8.97. The van der Waals surface area contributed by atoms with E-state index in [1.807, 2.05) is 54.4 Å². The number of nitrogens with one attached hydrogen (secondary N) is 2. The van der Waals surface area contributed by atoms with Gasteiger partial charge in [-0.05, 0) is 36.2 Å². The second-order valence-electron chi connectivity index (χ2n) is 5.93. The lowest BCUT2D eigenvalue weighted by atomic mass is 10.2. The topological polar surface area (TPSA) is 56.7 Å². The molecule has 0 saturated carbocycles. The number of guanidine groups is 1. The number of amides is 1. The summed E-state index contributed by atoms with van der Waals surface area (Å²) in [6.45, 7) is 2.08. The molecule has 0 aliphatic carbocycles. The van der Waals surface area contributed by atoms with Gasteiger partial charge in [0.05, 0.1) is 0 Å². The predicted molar refractivity (Wildman–Crippen MR) is 108 cm³/mol. The molecule has 1 amide bonds. The standard InChI is InChI=1S/C20H25ClN4O/c1-22-20(25(2)15-16-9-11-18(21)12-10-16)24-14-6-13-23-19(26)17-7-4-3-5-8-17/h3-5,7-12H,6,13-15H2,1-2H3,(H,22,24)(H,23,26). The maximum Gasteiger partial charge on any atom is 0.251 e. The summed E-state index contributed by atoms with van der Waals surface area (Å²) < 4.78 is 0. The second-order valence-corrected chi connectivity index (χ2v) is 6.37. The average Bonchev–Trinajstić information content (AvgIpc) is 2.67. The Labute approximate surface area is 160 Å². The van der Waals surface area contributed by atoms with E-state index in [4.69, 9.17) is 11.6 Å². The molecule has 2 rings (SSSR count). The fourth-order valence-electron chi connectivity index (χ4n) is 2.51. The quantitative estimate of drug-likeness (QED) is 0.446. The number of hydrogen-bond donors (Lipinski definition) is 2. The number of aliphatic imine (C=N–C) groups is 1. The molecule has 0 radical (unpaired) electrons. The van der Waals surface area contributed by atoms with Crippen LogP contribution in [-0.4, -0.2) is 44.0 Å². The number of benzene rings is 2. The van der Waals surface area contributed by atoms with E-state index in [0.29, 0.717) is 12.1 Å². The van der Waals surface area contributed by atoms with Gasteiger partial charge in [-0.25, -0.2) is 0 Å². The van der Waals surface area contributed by atoms with Crippen LogP contribution in [-0.2, 0) is 6.54 Å². The van der Waals surface area contributed by atoms with Crippen LogP contribution in [0.4, 0.5) is 0 Å². The van der Waals surface area contributed by atoms with E-state index >= 15 is 0 Å². The van der Waals surface area contributed by atoms with Crippen molar-refractivity contribution in [2.24, 2.45) is 4.99 Å². The molecule has 2 aromatic rings. The second kappa shape index (κ2) is 10.5. The summed E-state index contributed by atoms with van der Waals surface area (Å²) in [5, 5.41) is 6.97. The minimum Gasteiger partial charge on any atom is -0.356 e. The van der Waals surface area contributed by atoms with Crippen LogP contribution >= 0.6 is 11.6 Å². The van der Waals surface area contributed by atoms with Crippen LogP contribution in [0.15, 0.2) is 59.6 Å². The van der Waals surface area contributed by atoms with E-state index in [9.17, 15) is 4.79 Å². The molecular weight excluding hydrogens is 348 g/mol. The van der Waals surface area contributed by atoms with Gasteiger partial charge in [0.2, 0.25) is 0 Å². The molecule has 0 spiro atoms. The van der Waals surface area contributed by atoms with E-state index in [1.54, 1.807) is 19.2 Å². The highest BCUT2D eigenvalue weighted by molar-refractivity contribution is 6.30. The molecule has 0 aromatic heterocycles. The van der Waals surface area contributed by atoms with Gasteiger partial charge in [-0.15, -0.1) is 0 Å². The van der Waals surface area contributed by atoms with Gasteiger partial charge in [-0.2, -0.15) is 0 Å². The molecule has 6 heteroatoms. The fraction of sp³-hybridized carbons (Fsp3) is 0.300. The van der Waals surface area contributed by atoms with Crippen molar-refractivity contribution in [3.63, 3.8) is 0 Å². The van der Waals surface area contributed by atoms with Gasteiger partial charge in [0, 0.05) is 44.3 Å². The molecule has 0 unspecified atom stereocenters. The molecule has 2 N–H and O–H groups in total. The van der Waals surface area contributed by atoms with Gasteiger partial charge < -0.3 is 15.5 Å². The highest BCUT2D eigenvalue weighted by atomic mass is 35.5. The zero-order valence-corrected chi connectivity index (χ0v) is 16.0. The fourth-order valence-corrected chi connectivity index (χ4v) is 2.63. The number of hydrogen-bond acceptors (Lipinski definition) is 2. The summed E-state index contributed by atoms with van der Waals surface area (Å²) in [5.41, 5.74) is 1.84. The highest BCUT2D eigenvalue weighted by Crippen LogP contribution is 2.10. The van der Waals surface area contributed by atoms with Crippen molar-refractivity contribution in [2.45, 2.75) is 13.0 Å². The third kappa shape index (κ3) is 6.41. The lowest BCUT2D eigenvalue weighted by Gasteiger charge is -2.22. The van der Waals surface area contributed by atoms with E-state index in [-0.39, 0.29) is 5.91 Å². The van der Waals surface area contributed by atoms with E-state index in [1.165, 1.54) is 0 Å². The normalized spacial score (nSPS) is 11.1. The lowest BCUT2D eigenvalue weighted by Crippen LogP contribution is -2.39. The summed E-state index contributed by atoms with van der Waals surface area (Å²) in [4.78, 5) is 18.3. The van der Waals surface area contributed by atoms with Crippen LogP contribution in [0.2, 0.25) is 5.02 Å². The van der Waals surface area contributed by atoms with Crippen LogP contribution in [0.1, 0.15) is 22.3 Å². The Hall–Kier alpha value is -2.53. The molecule has 5 nitrogen and oxygen atoms in total. The third-order valence-electron chi connectivity index (χ3n) is 3.86. The van der Waals surface area contributed by atoms with Crippen molar-refractivity contribution in [3.8, 4) is 0 Å². The SMILES string of the molecule is CN=C(NCCCNC(=O)c1ccccc1)N(C)Cc1ccc(Cl)cc1. The van der Waals surface area contributed by atoms with E-state index < -0.39 is 0 Å². The van der Waals surface area contributed by atoms with Crippen LogP contribution in [0, 0.1) is 0 Å². The molecule has 0 aliphatic heterocycles. The summed E-state index contributed by atoms with van der Waals surface area (Å²) in [7, 11) is 3.75. The molecule has 26 heavy (non-hydrogen) atoms. The van der Waals surface area contributed by atoms with Gasteiger partial charge in [0.25, 0.3) is 5.91 Å². The van der Waals surface area contributed by atoms with Crippen LogP contribution in [0.25, 0.3) is 0 Å². The van der Waals surface area contributed by atoms with Crippen molar-refractivity contribution < 1.29 is 4.79 Å². The van der Waals surface area contributed by atoms with Crippen molar-refractivity contribution in [1.82, 2.24) is 15.5 Å². The molecule has 2 aromatic carbocycles. The first-order chi connectivity index (χ1) is 12.6. The first-order valence-electron chi connectivity index (χ1n) is 8.59. The Morgan fingerprint density at radius 1 is 1.04 bits per heavy atom. The van der Waals surface area contributed by atoms with Crippen molar-refractivity contribution in [3.05, 3.63) is 70.7 Å². The smallest absolute Gasteiger partial charge is 0.251 e. The summed E-state index contributed by atoms with van der Waals surface area (Å²) in [6.07, 6.45) is 0.812. The van der Waals surface area contributed by atoms with Crippen LogP contribution in [0.5, 0.6) is 0 Å². The van der Waals surface area contributed by atoms with Crippen molar-refractivity contribution >= 4 is 23.5 Å². The number of rotatable bonds is 7. The first kappa shape index (κ1) is 19.8. The Balaban J connectivity index is 1.69. The number of carbonyl (C=O) groups excluding carboxylic acids is 1. The van der Waals surface area contributed by atoms with Crippen LogP contribution < -0.4 is 10.6 Å². The molecule has 0 fully saturated rings. The highest BCUT2D eigenvalue weighted by Gasteiger charge is 2.07. The Kier molecular flexibility index (Phi) is 7.96. The van der Waals surface area contributed by atoms with E-state index in [0.717, 1.165) is 36.1 Å². The zero-order chi connectivity index (χ0) is 18.8. The van der Waals surface area contributed by atoms with Gasteiger partial charge >= 0.3 is 0 Å². The van der Waals surface area contributed by atoms with Gasteiger partial charge in [-0.3, -0.25) is 9.79 Å². The maximum atomic E-state index is 12.0. The minimum absolute atomic E-state index is 0.0464. The lowest BCUT2D eigenvalue weighted by molar-refractivity contribution is 0.0953.